The van der Waals surface area contributed by atoms with Gasteiger partial charge in [-0.05, 0) is 49.6 Å². The van der Waals surface area contributed by atoms with Crippen LogP contribution >= 0.6 is 0 Å². The second-order valence-electron chi connectivity index (χ2n) is 6.57. The highest BCUT2D eigenvalue weighted by Gasteiger charge is 2.43. The van der Waals surface area contributed by atoms with E-state index in [1.807, 2.05) is 6.92 Å². The molecular formula is C20H26N3O+. The minimum absolute atomic E-state index is 0.123. The van der Waals surface area contributed by atoms with Gasteiger partial charge in [-0.1, -0.05) is 18.2 Å². The Bertz CT molecular complexity index is 766. The number of fused-ring (bicyclic) bond motifs is 1. The number of aryl methyl sites for hydroxylation is 2. The van der Waals surface area contributed by atoms with Crippen molar-refractivity contribution in [2.24, 2.45) is 4.99 Å². The molecule has 0 fully saturated rings. The Labute approximate surface area is 144 Å². The van der Waals surface area contributed by atoms with Gasteiger partial charge in [0.1, 0.15) is 29.8 Å². The first-order valence-corrected chi connectivity index (χ1v) is 8.44. The Kier molecular flexibility index (Phi) is 4.43. The minimum Gasteiger partial charge on any atom is -0.390 e. The molecule has 0 radical (unpaired) electrons. The number of aliphatic hydroxyl groups excluding tert-OH is 1. The largest absolute Gasteiger partial charge is 0.390 e. The summed E-state index contributed by atoms with van der Waals surface area (Å²) in [6.07, 6.45) is 6.25. The Balaban J connectivity index is 1.87. The lowest BCUT2D eigenvalue weighted by atomic mass is 10.0. The summed E-state index contributed by atoms with van der Waals surface area (Å²) < 4.78 is 0.522. The average molecular weight is 324 g/mol. The van der Waals surface area contributed by atoms with Gasteiger partial charge in [0.15, 0.2) is 0 Å². The van der Waals surface area contributed by atoms with Gasteiger partial charge in [0.25, 0.3) is 5.84 Å². The SMILES string of the molecule is CC1=C(C)[N+]2(CCO)C=CC=C(NCc3c(C)cccc3C)C2=N1. The summed E-state index contributed by atoms with van der Waals surface area (Å²) in [6.45, 7) is 9.94. The Hall–Kier alpha value is -2.17. The molecule has 4 heteroatoms. The van der Waals surface area contributed by atoms with Crippen molar-refractivity contribution in [2.75, 3.05) is 13.2 Å². The third kappa shape index (κ3) is 2.62. The third-order valence-electron chi connectivity index (χ3n) is 5.17. The van der Waals surface area contributed by atoms with E-state index in [9.17, 15) is 5.11 Å². The lowest BCUT2D eigenvalue weighted by molar-refractivity contribution is -0.745. The highest BCUT2D eigenvalue weighted by Crippen LogP contribution is 2.34. The van der Waals surface area contributed by atoms with E-state index in [-0.39, 0.29) is 6.61 Å². The van der Waals surface area contributed by atoms with E-state index in [1.54, 1.807) is 0 Å². The molecule has 2 aliphatic rings. The molecule has 24 heavy (non-hydrogen) atoms. The Morgan fingerprint density at radius 2 is 1.83 bits per heavy atom. The summed E-state index contributed by atoms with van der Waals surface area (Å²) >= 11 is 0. The van der Waals surface area contributed by atoms with Crippen molar-refractivity contribution < 1.29 is 9.59 Å². The number of hydrogen-bond donors (Lipinski definition) is 2. The van der Waals surface area contributed by atoms with E-state index >= 15 is 0 Å². The molecule has 1 aromatic rings. The predicted molar refractivity (Wildman–Crippen MR) is 98.0 cm³/mol. The van der Waals surface area contributed by atoms with Gasteiger partial charge in [-0.15, -0.1) is 0 Å². The highest BCUT2D eigenvalue weighted by atomic mass is 16.3. The molecule has 0 saturated heterocycles. The van der Waals surface area contributed by atoms with Gasteiger partial charge >= 0.3 is 0 Å². The van der Waals surface area contributed by atoms with Crippen molar-refractivity contribution >= 4 is 5.84 Å². The van der Waals surface area contributed by atoms with Gasteiger partial charge < -0.3 is 10.4 Å². The van der Waals surface area contributed by atoms with Crippen molar-refractivity contribution in [1.29, 1.82) is 0 Å². The number of allylic oxidation sites excluding steroid dienone is 4. The Morgan fingerprint density at radius 3 is 2.50 bits per heavy atom. The van der Waals surface area contributed by atoms with Crippen LogP contribution in [-0.4, -0.2) is 28.6 Å². The summed E-state index contributed by atoms with van der Waals surface area (Å²) in [5, 5.41) is 13.1. The summed E-state index contributed by atoms with van der Waals surface area (Å²) in [5.41, 5.74) is 7.16. The third-order valence-corrected chi connectivity index (χ3v) is 5.17. The van der Waals surface area contributed by atoms with E-state index in [0.29, 0.717) is 11.0 Å². The molecule has 2 aliphatic heterocycles. The van der Waals surface area contributed by atoms with Crippen LogP contribution in [0.2, 0.25) is 0 Å². The lowest BCUT2D eigenvalue weighted by Crippen LogP contribution is -2.50. The zero-order valence-corrected chi connectivity index (χ0v) is 14.9. The van der Waals surface area contributed by atoms with Crippen molar-refractivity contribution in [3.8, 4) is 0 Å². The molecule has 0 spiro atoms. The summed E-state index contributed by atoms with van der Waals surface area (Å²) in [6, 6.07) is 6.39. The van der Waals surface area contributed by atoms with Gasteiger partial charge in [-0.25, -0.2) is 4.48 Å². The van der Waals surface area contributed by atoms with Gasteiger partial charge in [0.2, 0.25) is 0 Å². The lowest BCUT2D eigenvalue weighted by Gasteiger charge is -2.34. The maximum Gasteiger partial charge on any atom is 0.261 e. The van der Waals surface area contributed by atoms with Crippen molar-refractivity contribution in [3.05, 3.63) is 70.3 Å². The number of nitrogens with zero attached hydrogens (tertiary/aromatic N) is 2. The number of nitrogens with one attached hydrogen (secondary N) is 1. The summed E-state index contributed by atoms with van der Waals surface area (Å²) in [7, 11) is 0. The van der Waals surface area contributed by atoms with E-state index in [0.717, 1.165) is 23.8 Å². The quantitative estimate of drug-likeness (QED) is 0.817. The predicted octanol–water partition coefficient (Wildman–Crippen LogP) is 3.28. The van der Waals surface area contributed by atoms with E-state index < -0.39 is 0 Å². The van der Waals surface area contributed by atoms with Crippen molar-refractivity contribution in [3.63, 3.8) is 0 Å². The maximum absolute atomic E-state index is 9.56. The van der Waals surface area contributed by atoms with Crippen molar-refractivity contribution in [1.82, 2.24) is 5.32 Å². The van der Waals surface area contributed by atoms with Crippen LogP contribution < -0.4 is 5.32 Å². The molecular weight excluding hydrogens is 298 g/mol. The van der Waals surface area contributed by atoms with E-state index in [2.05, 4.69) is 62.6 Å². The zero-order valence-electron chi connectivity index (χ0n) is 14.9. The number of quaternary nitrogens is 1. The number of rotatable bonds is 5. The molecule has 0 amide bonds. The topological polar surface area (TPSA) is 44.6 Å². The van der Waals surface area contributed by atoms with Crippen LogP contribution in [0.1, 0.15) is 30.5 Å². The molecule has 0 aromatic heterocycles. The number of aliphatic imine (C=N–C) groups is 1. The second kappa shape index (κ2) is 6.38. The fourth-order valence-corrected chi connectivity index (χ4v) is 3.55. The van der Waals surface area contributed by atoms with Gasteiger partial charge in [0.05, 0.1) is 6.61 Å². The van der Waals surface area contributed by atoms with E-state index in [4.69, 9.17) is 4.99 Å². The maximum atomic E-state index is 9.56. The molecule has 1 unspecified atom stereocenters. The second-order valence-corrected chi connectivity index (χ2v) is 6.57. The number of aliphatic hydroxyl groups is 1. The molecule has 2 heterocycles. The summed E-state index contributed by atoms with van der Waals surface area (Å²) in [4.78, 5) is 4.80. The van der Waals surface area contributed by atoms with Gasteiger partial charge in [-0.2, -0.15) is 4.99 Å². The molecule has 0 saturated carbocycles. The van der Waals surface area contributed by atoms with Gasteiger partial charge in [0, 0.05) is 13.5 Å². The first-order chi connectivity index (χ1) is 11.5. The first-order valence-electron chi connectivity index (χ1n) is 8.44. The molecule has 2 N–H and O–H groups in total. The van der Waals surface area contributed by atoms with Crippen molar-refractivity contribution in [2.45, 2.75) is 34.2 Å². The van der Waals surface area contributed by atoms with E-state index in [1.165, 1.54) is 22.4 Å². The molecule has 126 valence electrons. The highest BCUT2D eigenvalue weighted by molar-refractivity contribution is 5.96. The van der Waals surface area contributed by atoms with Gasteiger partial charge in [-0.3, -0.25) is 0 Å². The van der Waals surface area contributed by atoms with Crippen LogP contribution in [0.5, 0.6) is 0 Å². The summed E-state index contributed by atoms with van der Waals surface area (Å²) in [5.74, 6) is 0.979. The van der Waals surface area contributed by atoms with Crippen LogP contribution in [-0.2, 0) is 6.54 Å². The van der Waals surface area contributed by atoms with Crippen LogP contribution in [0.25, 0.3) is 0 Å². The number of amidine groups is 1. The number of benzene rings is 1. The Morgan fingerprint density at radius 1 is 1.12 bits per heavy atom. The molecule has 0 aliphatic carbocycles. The van der Waals surface area contributed by atoms with Crippen LogP contribution in [0, 0.1) is 13.8 Å². The fourth-order valence-electron chi connectivity index (χ4n) is 3.55. The zero-order chi connectivity index (χ0) is 17.3. The molecule has 1 atom stereocenters. The number of hydrogen-bond acceptors (Lipinski definition) is 3. The molecule has 0 bridgehead atoms. The smallest absolute Gasteiger partial charge is 0.261 e. The monoisotopic (exact) mass is 324 g/mol. The molecule has 1 aromatic carbocycles. The fraction of sp³-hybridized carbons (Fsp3) is 0.350. The standard InChI is InChI=1S/C20H26N3O/c1-14-7-5-8-15(2)18(14)13-21-19-9-6-10-23(11-12-24)17(4)16(3)22-20(19)23/h5-10,21,24H,11-13H2,1-4H3/q+1. The molecule has 3 rings (SSSR count). The minimum atomic E-state index is 0.123. The van der Waals surface area contributed by atoms with Crippen LogP contribution in [0.15, 0.2) is 58.6 Å². The normalized spacial score (nSPS) is 22.4. The average Bonchev–Trinajstić information content (AvgIpc) is 2.80. The van der Waals surface area contributed by atoms with Crippen LogP contribution in [0.3, 0.4) is 0 Å². The molecule has 4 nitrogen and oxygen atoms in total. The van der Waals surface area contributed by atoms with Crippen LogP contribution in [0.4, 0.5) is 0 Å². The first kappa shape index (κ1) is 16.7.